The average molecular weight is 270 g/mol. The lowest BCUT2D eigenvalue weighted by Gasteiger charge is -2.08. The molecule has 0 heteroatoms. The van der Waals surface area contributed by atoms with Crippen LogP contribution >= 0.6 is 0 Å². The van der Waals surface area contributed by atoms with Crippen molar-refractivity contribution in [2.45, 2.75) is 54.4 Å². The maximum atomic E-state index is 2.29. The first-order chi connectivity index (χ1) is 9.66. The molecule has 0 saturated carbocycles. The lowest BCUT2D eigenvalue weighted by atomic mass is 9.97. The van der Waals surface area contributed by atoms with Crippen molar-refractivity contribution in [2.24, 2.45) is 0 Å². The largest absolute Gasteiger partial charge is 0.0683 e. The second-order valence-corrected chi connectivity index (χ2v) is 4.65. The van der Waals surface area contributed by atoms with Crippen LogP contribution in [0.3, 0.4) is 0 Å². The van der Waals surface area contributed by atoms with Crippen molar-refractivity contribution in [2.75, 3.05) is 0 Å². The first-order valence-electron chi connectivity index (χ1n) is 7.84. The summed E-state index contributed by atoms with van der Waals surface area (Å²) in [5.41, 5.74) is 5.32. The van der Waals surface area contributed by atoms with E-state index in [-0.39, 0.29) is 0 Å². The third kappa shape index (κ3) is 5.61. The van der Waals surface area contributed by atoms with Gasteiger partial charge in [0.05, 0.1) is 0 Å². The minimum absolute atomic E-state index is 0.588. The predicted molar refractivity (Wildman–Crippen MR) is 93.4 cm³/mol. The quantitative estimate of drug-likeness (QED) is 0.560. The van der Waals surface area contributed by atoms with E-state index in [1.807, 2.05) is 27.7 Å². The van der Waals surface area contributed by atoms with Crippen LogP contribution in [-0.2, 0) is 0 Å². The van der Waals surface area contributed by atoms with Gasteiger partial charge in [-0.25, -0.2) is 0 Å². The van der Waals surface area contributed by atoms with Gasteiger partial charge in [0.15, 0.2) is 0 Å². The lowest BCUT2D eigenvalue weighted by molar-refractivity contribution is 0.867. The predicted octanol–water partition coefficient (Wildman–Crippen LogP) is 6.84. The molecule has 20 heavy (non-hydrogen) atoms. The second kappa shape index (κ2) is 10.3. The van der Waals surface area contributed by atoms with Gasteiger partial charge >= 0.3 is 0 Å². The fourth-order valence-electron chi connectivity index (χ4n) is 1.82. The van der Waals surface area contributed by atoms with E-state index in [1.165, 1.54) is 22.3 Å². The van der Waals surface area contributed by atoms with Gasteiger partial charge in [-0.1, -0.05) is 95.6 Å². The van der Waals surface area contributed by atoms with Crippen molar-refractivity contribution in [1.82, 2.24) is 0 Å². The molecular weight excluding hydrogens is 240 g/mol. The monoisotopic (exact) mass is 270 g/mol. The molecule has 0 saturated heterocycles. The van der Waals surface area contributed by atoms with Crippen molar-refractivity contribution in [3.05, 3.63) is 59.7 Å². The van der Waals surface area contributed by atoms with Gasteiger partial charge in [-0.05, 0) is 29.5 Å². The van der Waals surface area contributed by atoms with Gasteiger partial charge < -0.3 is 0 Å². The Morgan fingerprint density at radius 3 is 1.75 bits per heavy atom. The third-order valence-electron chi connectivity index (χ3n) is 2.94. The van der Waals surface area contributed by atoms with Crippen molar-refractivity contribution in [3.8, 4) is 11.1 Å². The summed E-state index contributed by atoms with van der Waals surface area (Å²) in [5, 5.41) is 0. The summed E-state index contributed by atoms with van der Waals surface area (Å²) in [6, 6.07) is 17.5. The van der Waals surface area contributed by atoms with Crippen molar-refractivity contribution in [1.29, 1.82) is 0 Å². The molecule has 0 unspecified atom stereocenters. The molecule has 2 aromatic carbocycles. The van der Waals surface area contributed by atoms with Crippen LogP contribution in [0.5, 0.6) is 0 Å². The van der Waals surface area contributed by atoms with Crippen LogP contribution < -0.4 is 0 Å². The zero-order valence-corrected chi connectivity index (χ0v) is 14.2. The van der Waals surface area contributed by atoms with E-state index >= 15 is 0 Å². The Morgan fingerprint density at radius 2 is 1.25 bits per heavy atom. The zero-order valence-electron chi connectivity index (χ0n) is 14.2. The molecule has 0 aliphatic heterocycles. The molecule has 0 radical (unpaired) electrons. The summed E-state index contributed by atoms with van der Waals surface area (Å²) >= 11 is 0. The Labute approximate surface area is 125 Å². The molecule has 0 aliphatic carbocycles. The van der Waals surface area contributed by atoms with Gasteiger partial charge in [-0.3, -0.25) is 0 Å². The normalized spacial score (nSPS) is 9.20. The first-order valence-corrected chi connectivity index (χ1v) is 7.84. The minimum atomic E-state index is 0.588. The highest BCUT2D eigenvalue weighted by molar-refractivity contribution is 5.64. The second-order valence-electron chi connectivity index (χ2n) is 4.65. The summed E-state index contributed by atoms with van der Waals surface area (Å²) in [7, 11) is 0. The SMILES string of the molecule is CC.CC.Cc1ccc(-c2cccc(C(C)C)c2)cc1. The average Bonchev–Trinajstić information content (AvgIpc) is 2.52. The maximum absolute atomic E-state index is 2.29. The molecule has 0 aliphatic rings. The molecule has 2 aromatic rings. The van der Waals surface area contributed by atoms with Crippen LogP contribution in [0, 0.1) is 6.92 Å². The van der Waals surface area contributed by atoms with Gasteiger partial charge in [0, 0.05) is 0 Å². The van der Waals surface area contributed by atoms with E-state index in [0.717, 1.165) is 0 Å². The van der Waals surface area contributed by atoms with Crippen molar-refractivity contribution >= 4 is 0 Å². The molecule has 0 bridgehead atoms. The number of hydrogen-bond donors (Lipinski definition) is 0. The summed E-state index contributed by atoms with van der Waals surface area (Å²) in [6.45, 7) is 14.6. The van der Waals surface area contributed by atoms with E-state index in [4.69, 9.17) is 0 Å². The molecule has 0 nitrogen and oxygen atoms in total. The summed E-state index contributed by atoms with van der Waals surface area (Å²) in [6.07, 6.45) is 0. The van der Waals surface area contributed by atoms with E-state index in [1.54, 1.807) is 0 Å². The van der Waals surface area contributed by atoms with Crippen LogP contribution in [0.15, 0.2) is 48.5 Å². The van der Waals surface area contributed by atoms with Crippen LogP contribution in [0.4, 0.5) is 0 Å². The third-order valence-corrected chi connectivity index (χ3v) is 2.94. The Bertz CT molecular complexity index is 464. The van der Waals surface area contributed by atoms with Gasteiger partial charge in [0.2, 0.25) is 0 Å². The van der Waals surface area contributed by atoms with Gasteiger partial charge in [-0.15, -0.1) is 0 Å². The zero-order chi connectivity index (χ0) is 15.5. The fourth-order valence-corrected chi connectivity index (χ4v) is 1.82. The van der Waals surface area contributed by atoms with E-state index in [2.05, 4.69) is 69.3 Å². The number of aryl methyl sites for hydroxylation is 1. The summed E-state index contributed by atoms with van der Waals surface area (Å²) in [5.74, 6) is 0.588. The molecule has 0 heterocycles. The first kappa shape index (κ1) is 18.4. The molecule has 0 fully saturated rings. The molecule has 0 atom stereocenters. The molecule has 0 N–H and O–H groups in total. The Hall–Kier alpha value is -1.56. The van der Waals surface area contributed by atoms with Gasteiger partial charge in [-0.2, -0.15) is 0 Å². The highest BCUT2D eigenvalue weighted by Gasteiger charge is 2.01. The fraction of sp³-hybridized carbons (Fsp3) is 0.400. The Balaban J connectivity index is 0.000000829. The molecule has 0 aromatic heterocycles. The number of rotatable bonds is 2. The molecular formula is C20H30. The van der Waals surface area contributed by atoms with Crippen LogP contribution in [0.2, 0.25) is 0 Å². The number of hydrogen-bond acceptors (Lipinski definition) is 0. The summed E-state index contributed by atoms with van der Waals surface area (Å²) < 4.78 is 0. The smallest absolute Gasteiger partial charge is 0.0181 e. The number of benzene rings is 2. The lowest BCUT2D eigenvalue weighted by Crippen LogP contribution is -1.87. The maximum Gasteiger partial charge on any atom is -0.0181 e. The molecule has 110 valence electrons. The standard InChI is InChI=1S/C16H18.2C2H6/c1-12(2)15-5-4-6-16(11-15)14-9-7-13(3)8-10-14;2*1-2/h4-12H,1-3H3;2*1-2H3. The van der Waals surface area contributed by atoms with Crippen LogP contribution in [0.1, 0.15) is 58.6 Å². The topological polar surface area (TPSA) is 0 Å². The Kier molecular flexibility index (Phi) is 9.45. The Morgan fingerprint density at radius 1 is 0.700 bits per heavy atom. The minimum Gasteiger partial charge on any atom is -0.0683 e. The van der Waals surface area contributed by atoms with Crippen molar-refractivity contribution in [3.63, 3.8) is 0 Å². The van der Waals surface area contributed by atoms with Gasteiger partial charge in [0.25, 0.3) is 0 Å². The van der Waals surface area contributed by atoms with Crippen LogP contribution in [0.25, 0.3) is 11.1 Å². The molecule has 2 rings (SSSR count). The summed E-state index contributed by atoms with van der Waals surface area (Å²) in [4.78, 5) is 0. The van der Waals surface area contributed by atoms with Crippen LogP contribution in [-0.4, -0.2) is 0 Å². The van der Waals surface area contributed by atoms with Gasteiger partial charge in [0.1, 0.15) is 0 Å². The highest BCUT2D eigenvalue weighted by atomic mass is 14.1. The molecule has 0 spiro atoms. The van der Waals surface area contributed by atoms with Crippen molar-refractivity contribution < 1.29 is 0 Å². The molecule has 0 amide bonds. The van der Waals surface area contributed by atoms with E-state index < -0.39 is 0 Å². The highest BCUT2D eigenvalue weighted by Crippen LogP contribution is 2.24. The van der Waals surface area contributed by atoms with E-state index in [0.29, 0.717) is 5.92 Å². The van der Waals surface area contributed by atoms with E-state index in [9.17, 15) is 0 Å².